The Hall–Kier alpha value is -2.99. The number of aryl methyl sites for hydroxylation is 2. The summed E-state index contributed by atoms with van der Waals surface area (Å²) in [5.74, 6) is 1.21. The normalized spacial score (nSPS) is 14.5. The standard InChI is InChI=1S/C24H31N3O3/c1-14-7-6-8-17(15(14)2)11-12-24(4,5)30-23(28)21(25)18-9-10-20-19(13-18)27-22(26)16(3)29-20/h6-10,13,21,27H,11-12,25-26H2,1-5H3. The third-order valence-corrected chi connectivity index (χ3v) is 5.62. The third kappa shape index (κ3) is 4.76. The molecule has 1 heterocycles. The molecule has 0 fully saturated rings. The van der Waals surface area contributed by atoms with E-state index in [1.165, 1.54) is 16.7 Å². The number of rotatable bonds is 6. The number of esters is 1. The van der Waals surface area contributed by atoms with E-state index >= 15 is 0 Å². The average Bonchev–Trinajstić information content (AvgIpc) is 2.68. The van der Waals surface area contributed by atoms with Gasteiger partial charge in [0.2, 0.25) is 0 Å². The molecule has 1 aliphatic rings. The van der Waals surface area contributed by atoms with Crippen molar-refractivity contribution in [2.75, 3.05) is 5.32 Å². The van der Waals surface area contributed by atoms with E-state index in [2.05, 4.69) is 37.4 Å². The minimum Gasteiger partial charge on any atom is -0.458 e. The first-order valence-electron chi connectivity index (χ1n) is 10.2. The van der Waals surface area contributed by atoms with Crippen molar-refractivity contribution in [3.05, 3.63) is 70.2 Å². The van der Waals surface area contributed by atoms with Gasteiger partial charge in [0.05, 0.1) is 5.69 Å². The Kier molecular flexibility index (Phi) is 6.08. The van der Waals surface area contributed by atoms with Crippen LogP contribution in [0.5, 0.6) is 5.75 Å². The average molecular weight is 410 g/mol. The number of nitrogens with two attached hydrogens (primary N) is 2. The molecule has 5 N–H and O–H groups in total. The van der Waals surface area contributed by atoms with Gasteiger partial charge in [-0.3, -0.25) is 0 Å². The van der Waals surface area contributed by atoms with Crippen LogP contribution in [0.3, 0.4) is 0 Å². The van der Waals surface area contributed by atoms with Crippen molar-refractivity contribution in [1.82, 2.24) is 0 Å². The molecule has 0 saturated heterocycles. The predicted molar refractivity (Wildman–Crippen MR) is 119 cm³/mol. The van der Waals surface area contributed by atoms with E-state index in [1.807, 2.05) is 13.8 Å². The number of carbonyl (C=O) groups excluding carboxylic acids is 1. The van der Waals surface area contributed by atoms with Crippen molar-refractivity contribution in [2.45, 2.75) is 59.1 Å². The SMILES string of the molecule is CC1=C(N)Nc2cc(C(N)C(=O)OC(C)(C)CCc3cccc(C)c3C)ccc2O1. The highest BCUT2D eigenvalue weighted by Gasteiger charge is 2.28. The number of allylic oxidation sites excluding steroid dienone is 1. The molecule has 160 valence electrons. The predicted octanol–water partition coefficient (Wildman–Crippen LogP) is 4.21. The smallest absolute Gasteiger partial charge is 0.328 e. The van der Waals surface area contributed by atoms with Gasteiger partial charge in [-0.1, -0.05) is 24.3 Å². The summed E-state index contributed by atoms with van der Waals surface area (Å²) < 4.78 is 11.4. The van der Waals surface area contributed by atoms with Crippen molar-refractivity contribution >= 4 is 11.7 Å². The second-order valence-corrected chi connectivity index (χ2v) is 8.47. The van der Waals surface area contributed by atoms with Gasteiger partial charge in [-0.05, 0) is 81.8 Å². The molecule has 0 bridgehead atoms. The molecular weight excluding hydrogens is 378 g/mol. The maximum atomic E-state index is 12.7. The summed E-state index contributed by atoms with van der Waals surface area (Å²) in [6, 6.07) is 10.7. The Morgan fingerprint density at radius 3 is 2.67 bits per heavy atom. The minimum absolute atomic E-state index is 0.434. The van der Waals surface area contributed by atoms with E-state index in [1.54, 1.807) is 25.1 Å². The molecule has 0 amide bonds. The van der Waals surface area contributed by atoms with Crippen LogP contribution in [0.4, 0.5) is 5.69 Å². The van der Waals surface area contributed by atoms with Crippen LogP contribution in [0, 0.1) is 13.8 Å². The molecule has 2 aromatic carbocycles. The molecule has 2 aromatic rings. The maximum Gasteiger partial charge on any atom is 0.328 e. The van der Waals surface area contributed by atoms with E-state index in [4.69, 9.17) is 20.9 Å². The summed E-state index contributed by atoms with van der Waals surface area (Å²) in [6.45, 7) is 9.84. The van der Waals surface area contributed by atoms with Crippen molar-refractivity contribution in [1.29, 1.82) is 0 Å². The summed E-state index contributed by atoms with van der Waals surface area (Å²) in [5.41, 5.74) is 16.6. The number of nitrogens with one attached hydrogen (secondary N) is 1. The van der Waals surface area contributed by atoms with Crippen molar-refractivity contribution in [2.24, 2.45) is 11.5 Å². The highest BCUT2D eigenvalue weighted by molar-refractivity contribution is 5.79. The number of carbonyl (C=O) groups is 1. The number of hydrogen-bond donors (Lipinski definition) is 3. The highest BCUT2D eigenvalue weighted by atomic mass is 16.6. The van der Waals surface area contributed by atoms with Gasteiger partial charge >= 0.3 is 5.97 Å². The first-order chi connectivity index (χ1) is 14.1. The van der Waals surface area contributed by atoms with Crippen LogP contribution in [0.1, 0.15) is 55.5 Å². The first-order valence-corrected chi connectivity index (χ1v) is 10.2. The van der Waals surface area contributed by atoms with E-state index < -0.39 is 17.6 Å². The number of hydrogen-bond acceptors (Lipinski definition) is 6. The zero-order valence-electron chi connectivity index (χ0n) is 18.3. The molecule has 0 saturated carbocycles. The molecule has 0 radical (unpaired) electrons. The fourth-order valence-electron chi connectivity index (χ4n) is 3.42. The second kappa shape index (κ2) is 8.40. The van der Waals surface area contributed by atoms with E-state index in [9.17, 15) is 4.79 Å². The molecule has 6 heteroatoms. The van der Waals surface area contributed by atoms with Crippen LogP contribution in [-0.2, 0) is 16.0 Å². The molecule has 1 atom stereocenters. The van der Waals surface area contributed by atoms with Gasteiger partial charge < -0.3 is 26.3 Å². The topological polar surface area (TPSA) is 99.6 Å². The van der Waals surface area contributed by atoms with E-state index in [0.717, 1.165) is 6.42 Å². The summed E-state index contributed by atoms with van der Waals surface area (Å²) in [6.07, 6.45) is 1.53. The Labute approximate surface area is 178 Å². The van der Waals surface area contributed by atoms with Crippen molar-refractivity contribution < 1.29 is 14.3 Å². The highest BCUT2D eigenvalue weighted by Crippen LogP contribution is 2.34. The van der Waals surface area contributed by atoms with Gasteiger partial charge in [0.15, 0.2) is 5.75 Å². The third-order valence-electron chi connectivity index (χ3n) is 5.62. The summed E-state index contributed by atoms with van der Waals surface area (Å²) in [7, 11) is 0. The van der Waals surface area contributed by atoms with E-state index in [-0.39, 0.29) is 0 Å². The first kappa shape index (κ1) is 21.7. The van der Waals surface area contributed by atoms with Crippen LogP contribution in [0.25, 0.3) is 0 Å². The van der Waals surface area contributed by atoms with Crippen LogP contribution in [-0.4, -0.2) is 11.6 Å². The molecule has 30 heavy (non-hydrogen) atoms. The lowest BCUT2D eigenvalue weighted by Gasteiger charge is -2.28. The summed E-state index contributed by atoms with van der Waals surface area (Å²) in [5, 5.41) is 3.07. The molecule has 1 aliphatic heterocycles. The minimum atomic E-state index is -0.898. The Morgan fingerprint density at radius 1 is 1.20 bits per heavy atom. The molecular formula is C24H31N3O3. The van der Waals surface area contributed by atoms with E-state index in [0.29, 0.717) is 35.0 Å². The number of benzene rings is 2. The van der Waals surface area contributed by atoms with Gasteiger partial charge in [-0.15, -0.1) is 0 Å². The zero-order chi connectivity index (χ0) is 22.1. The Morgan fingerprint density at radius 2 is 1.93 bits per heavy atom. The van der Waals surface area contributed by atoms with Crippen LogP contribution >= 0.6 is 0 Å². The quantitative estimate of drug-likeness (QED) is 0.618. The number of fused-ring (bicyclic) bond motifs is 1. The largest absolute Gasteiger partial charge is 0.458 e. The van der Waals surface area contributed by atoms with Gasteiger partial charge in [-0.2, -0.15) is 0 Å². The molecule has 0 spiro atoms. The monoisotopic (exact) mass is 409 g/mol. The molecule has 1 unspecified atom stereocenters. The fourth-order valence-corrected chi connectivity index (χ4v) is 3.42. The van der Waals surface area contributed by atoms with Crippen molar-refractivity contribution in [3.63, 3.8) is 0 Å². The fraction of sp³-hybridized carbons (Fsp3) is 0.375. The summed E-state index contributed by atoms with van der Waals surface area (Å²) in [4.78, 5) is 12.7. The Balaban J connectivity index is 1.65. The lowest BCUT2D eigenvalue weighted by atomic mass is 9.94. The number of ether oxygens (including phenoxy) is 2. The molecule has 0 aliphatic carbocycles. The number of anilines is 1. The zero-order valence-corrected chi connectivity index (χ0v) is 18.3. The van der Waals surface area contributed by atoms with Gasteiger partial charge in [0.25, 0.3) is 0 Å². The van der Waals surface area contributed by atoms with Crippen LogP contribution in [0.2, 0.25) is 0 Å². The lowest BCUT2D eigenvalue weighted by Crippen LogP contribution is -2.34. The van der Waals surface area contributed by atoms with Crippen LogP contribution in [0.15, 0.2) is 48.0 Å². The Bertz CT molecular complexity index is 995. The maximum absolute atomic E-state index is 12.7. The molecule has 3 rings (SSSR count). The molecule has 6 nitrogen and oxygen atoms in total. The van der Waals surface area contributed by atoms with Crippen LogP contribution < -0.4 is 21.5 Å². The van der Waals surface area contributed by atoms with Gasteiger partial charge in [0, 0.05) is 0 Å². The lowest BCUT2D eigenvalue weighted by molar-refractivity contribution is -0.158. The molecule has 0 aromatic heterocycles. The van der Waals surface area contributed by atoms with Gasteiger partial charge in [0.1, 0.15) is 23.2 Å². The van der Waals surface area contributed by atoms with Crippen molar-refractivity contribution in [3.8, 4) is 5.75 Å². The van der Waals surface area contributed by atoms with Gasteiger partial charge in [-0.25, -0.2) is 4.79 Å². The second-order valence-electron chi connectivity index (χ2n) is 8.47. The summed E-state index contributed by atoms with van der Waals surface area (Å²) >= 11 is 0.